The first kappa shape index (κ1) is 20.0. The second-order valence-electron chi connectivity index (χ2n) is 6.93. The van der Waals surface area contributed by atoms with Gasteiger partial charge in [0.2, 0.25) is 0 Å². The van der Waals surface area contributed by atoms with E-state index in [1.54, 1.807) is 34.1 Å². The zero-order valence-electron chi connectivity index (χ0n) is 16.3. The average Bonchev–Trinajstić information content (AvgIpc) is 3.33. The maximum absolute atomic E-state index is 13.1. The van der Waals surface area contributed by atoms with Gasteiger partial charge >= 0.3 is 6.03 Å². The molecule has 30 heavy (non-hydrogen) atoms. The fourth-order valence-electron chi connectivity index (χ4n) is 3.22. The van der Waals surface area contributed by atoms with E-state index < -0.39 is 0 Å². The van der Waals surface area contributed by atoms with Crippen LogP contribution in [-0.4, -0.2) is 39.9 Å². The summed E-state index contributed by atoms with van der Waals surface area (Å²) in [7, 11) is 0. The molecule has 1 aromatic carbocycles. The number of carbonyl (C=O) groups is 2. The Kier molecular flexibility index (Phi) is 5.71. The molecule has 3 heterocycles. The Bertz CT molecular complexity index is 1070. The fraction of sp³-hybridized carbons (Fsp3) is 0.238. The molecule has 2 aromatic heterocycles. The molecule has 0 unspecified atom stereocenters. The molecule has 1 saturated heterocycles. The molecule has 1 N–H and O–H groups in total. The van der Waals surface area contributed by atoms with Crippen LogP contribution in [0.1, 0.15) is 26.6 Å². The number of benzene rings is 1. The maximum atomic E-state index is 13.1. The largest absolute Gasteiger partial charge is 0.346 e. The Labute approximate surface area is 177 Å². The minimum Gasteiger partial charge on any atom is -0.346 e. The molecule has 0 aliphatic carbocycles. The molecule has 4 rings (SSSR count). The van der Waals surface area contributed by atoms with Gasteiger partial charge < -0.3 is 10.2 Å². The number of hydrogen-bond donors (Lipinski definition) is 1. The van der Waals surface area contributed by atoms with Gasteiger partial charge in [-0.3, -0.25) is 9.69 Å². The lowest BCUT2D eigenvalue weighted by Crippen LogP contribution is -2.32. The van der Waals surface area contributed by atoms with Crippen LogP contribution in [0, 0.1) is 12.7 Å². The second-order valence-corrected chi connectivity index (χ2v) is 7.99. The van der Waals surface area contributed by atoms with Crippen LogP contribution in [0.4, 0.5) is 15.0 Å². The molecule has 0 saturated carbocycles. The standard InChI is InChI=1S/C21H20FN5O2S/c1-14-25-18(13-30-14)11-24-20(28)16-6-7-23-19(10-16)27-9-8-26(21(27)29)12-15-2-4-17(22)5-3-15/h2-7,10,13H,8-9,11-12H2,1H3,(H,24,28). The number of nitrogens with zero attached hydrogens (tertiary/aromatic N) is 4. The number of nitrogens with one attached hydrogen (secondary N) is 1. The summed E-state index contributed by atoms with van der Waals surface area (Å²) in [5, 5.41) is 5.69. The Morgan fingerprint density at radius 3 is 2.77 bits per heavy atom. The van der Waals surface area contributed by atoms with E-state index in [0.29, 0.717) is 37.6 Å². The van der Waals surface area contributed by atoms with E-state index in [0.717, 1.165) is 16.3 Å². The van der Waals surface area contributed by atoms with Gasteiger partial charge in [-0.05, 0) is 36.8 Å². The number of pyridine rings is 1. The van der Waals surface area contributed by atoms with Crippen molar-refractivity contribution in [3.05, 3.63) is 75.6 Å². The summed E-state index contributed by atoms with van der Waals surface area (Å²) >= 11 is 1.53. The van der Waals surface area contributed by atoms with E-state index in [1.807, 2.05) is 12.3 Å². The molecule has 7 nitrogen and oxygen atoms in total. The van der Waals surface area contributed by atoms with E-state index in [9.17, 15) is 14.0 Å². The van der Waals surface area contributed by atoms with Crippen LogP contribution in [0.3, 0.4) is 0 Å². The van der Waals surface area contributed by atoms with Gasteiger partial charge in [0, 0.05) is 36.8 Å². The van der Waals surface area contributed by atoms with Crippen molar-refractivity contribution in [1.29, 1.82) is 0 Å². The van der Waals surface area contributed by atoms with Crippen molar-refractivity contribution in [1.82, 2.24) is 20.2 Å². The lowest BCUT2D eigenvalue weighted by Gasteiger charge is -2.18. The third kappa shape index (κ3) is 4.46. The monoisotopic (exact) mass is 425 g/mol. The van der Waals surface area contributed by atoms with Crippen molar-refractivity contribution in [3.63, 3.8) is 0 Å². The van der Waals surface area contributed by atoms with E-state index in [4.69, 9.17) is 0 Å². The normalized spacial score (nSPS) is 13.7. The summed E-state index contributed by atoms with van der Waals surface area (Å²) < 4.78 is 13.1. The van der Waals surface area contributed by atoms with Crippen LogP contribution >= 0.6 is 11.3 Å². The lowest BCUT2D eigenvalue weighted by molar-refractivity contribution is 0.0950. The number of aryl methyl sites for hydroxylation is 1. The van der Waals surface area contributed by atoms with Gasteiger partial charge in [0.15, 0.2) is 0 Å². The molecule has 0 spiro atoms. The quantitative estimate of drug-likeness (QED) is 0.657. The fourth-order valence-corrected chi connectivity index (χ4v) is 3.83. The molecule has 3 aromatic rings. The van der Waals surface area contributed by atoms with Gasteiger partial charge in [0.25, 0.3) is 5.91 Å². The molecule has 0 radical (unpaired) electrons. The van der Waals surface area contributed by atoms with Crippen molar-refractivity contribution in [3.8, 4) is 0 Å². The molecule has 154 valence electrons. The van der Waals surface area contributed by atoms with E-state index in [-0.39, 0.29) is 17.8 Å². The summed E-state index contributed by atoms with van der Waals surface area (Å²) in [4.78, 5) is 37.1. The molecular formula is C21H20FN5O2S. The van der Waals surface area contributed by atoms with Gasteiger partial charge in [-0.25, -0.2) is 19.2 Å². The Morgan fingerprint density at radius 1 is 1.23 bits per heavy atom. The summed E-state index contributed by atoms with van der Waals surface area (Å²) in [5.41, 5.74) is 2.09. The molecular weight excluding hydrogens is 405 g/mol. The number of hydrogen-bond acceptors (Lipinski definition) is 5. The minimum atomic E-state index is -0.308. The summed E-state index contributed by atoms with van der Waals surface area (Å²) in [6, 6.07) is 9.12. The van der Waals surface area contributed by atoms with Crippen molar-refractivity contribution >= 4 is 29.1 Å². The number of anilines is 1. The van der Waals surface area contributed by atoms with Crippen molar-refractivity contribution < 1.29 is 14.0 Å². The molecule has 3 amide bonds. The molecule has 1 aliphatic rings. The van der Waals surface area contributed by atoms with Crippen molar-refractivity contribution in [2.75, 3.05) is 18.0 Å². The minimum absolute atomic E-state index is 0.192. The van der Waals surface area contributed by atoms with Gasteiger partial charge in [-0.15, -0.1) is 11.3 Å². The maximum Gasteiger partial charge on any atom is 0.326 e. The van der Waals surface area contributed by atoms with E-state index >= 15 is 0 Å². The molecule has 1 fully saturated rings. The third-order valence-electron chi connectivity index (χ3n) is 4.76. The topological polar surface area (TPSA) is 78.4 Å². The van der Waals surface area contributed by atoms with Crippen LogP contribution in [-0.2, 0) is 13.1 Å². The number of halogens is 1. The van der Waals surface area contributed by atoms with Gasteiger partial charge in [-0.1, -0.05) is 12.1 Å². The number of rotatable bonds is 6. The van der Waals surface area contributed by atoms with Crippen LogP contribution < -0.4 is 10.2 Å². The second kappa shape index (κ2) is 8.58. The number of urea groups is 1. The third-order valence-corrected chi connectivity index (χ3v) is 5.58. The van der Waals surface area contributed by atoms with Crippen molar-refractivity contribution in [2.24, 2.45) is 0 Å². The highest BCUT2D eigenvalue weighted by Gasteiger charge is 2.30. The van der Waals surface area contributed by atoms with Crippen LogP contribution in [0.5, 0.6) is 0 Å². The Hall–Kier alpha value is -3.33. The van der Waals surface area contributed by atoms with Gasteiger partial charge in [-0.2, -0.15) is 0 Å². The summed E-state index contributed by atoms with van der Waals surface area (Å²) in [6.07, 6.45) is 1.52. The summed E-state index contributed by atoms with van der Waals surface area (Å²) in [5.74, 6) is -0.129. The highest BCUT2D eigenvalue weighted by atomic mass is 32.1. The predicted molar refractivity (Wildman–Crippen MR) is 112 cm³/mol. The highest BCUT2D eigenvalue weighted by Crippen LogP contribution is 2.21. The zero-order valence-corrected chi connectivity index (χ0v) is 17.2. The first-order valence-corrected chi connectivity index (χ1v) is 10.3. The number of amides is 3. The van der Waals surface area contributed by atoms with Crippen LogP contribution in [0.2, 0.25) is 0 Å². The van der Waals surface area contributed by atoms with E-state index in [1.165, 1.54) is 29.7 Å². The van der Waals surface area contributed by atoms with E-state index in [2.05, 4.69) is 15.3 Å². The van der Waals surface area contributed by atoms with Gasteiger partial charge in [0.05, 0.1) is 17.2 Å². The highest BCUT2D eigenvalue weighted by molar-refractivity contribution is 7.09. The first-order valence-electron chi connectivity index (χ1n) is 9.46. The van der Waals surface area contributed by atoms with Crippen LogP contribution in [0.15, 0.2) is 48.0 Å². The van der Waals surface area contributed by atoms with Crippen molar-refractivity contribution in [2.45, 2.75) is 20.0 Å². The molecule has 0 bridgehead atoms. The zero-order chi connectivity index (χ0) is 21.1. The van der Waals surface area contributed by atoms with Crippen LogP contribution in [0.25, 0.3) is 0 Å². The SMILES string of the molecule is Cc1nc(CNC(=O)c2ccnc(N3CCN(Cc4ccc(F)cc4)C3=O)c2)cs1. The Balaban J connectivity index is 1.41. The molecule has 1 aliphatic heterocycles. The number of carbonyl (C=O) groups excluding carboxylic acids is 2. The smallest absolute Gasteiger partial charge is 0.326 e. The molecule has 0 atom stereocenters. The number of thiazole rings is 1. The average molecular weight is 425 g/mol. The first-order chi connectivity index (χ1) is 14.5. The van der Waals surface area contributed by atoms with Gasteiger partial charge in [0.1, 0.15) is 11.6 Å². The number of aromatic nitrogens is 2. The lowest BCUT2D eigenvalue weighted by atomic mass is 10.2. The molecule has 9 heteroatoms. The Morgan fingerprint density at radius 2 is 2.03 bits per heavy atom. The summed E-state index contributed by atoms with van der Waals surface area (Å²) in [6.45, 7) is 3.64. The predicted octanol–water partition coefficient (Wildman–Crippen LogP) is 3.36.